The monoisotopic (exact) mass is 399 g/mol. The molecular weight excluding hydrogens is 366 g/mol. The number of rotatable bonds is 8. The Morgan fingerprint density at radius 1 is 1.17 bits per heavy atom. The average Bonchev–Trinajstić information content (AvgIpc) is 3.13. The average molecular weight is 400 g/mol. The summed E-state index contributed by atoms with van der Waals surface area (Å²) in [6.07, 6.45) is 6.74. The van der Waals surface area contributed by atoms with E-state index in [1.807, 2.05) is 24.3 Å². The maximum absolute atomic E-state index is 12.4. The van der Waals surface area contributed by atoms with Crippen molar-refractivity contribution in [2.24, 2.45) is 5.92 Å². The van der Waals surface area contributed by atoms with Gasteiger partial charge in [-0.1, -0.05) is 45.2 Å². The van der Waals surface area contributed by atoms with Crippen LogP contribution in [0.3, 0.4) is 0 Å². The van der Waals surface area contributed by atoms with Crippen LogP contribution < -0.4 is 16.0 Å². The molecule has 1 aromatic carbocycles. The fourth-order valence-corrected chi connectivity index (χ4v) is 3.85. The number of benzene rings is 1. The normalized spacial score (nSPS) is 16.0. The number of para-hydroxylation sites is 2. The van der Waals surface area contributed by atoms with Crippen LogP contribution in [-0.2, 0) is 4.79 Å². The van der Waals surface area contributed by atoms with Gasteiger partial charge >= 0.3 is 6.03 Å². The quantitative estimate of drug-likeness (QED) is 0.508. The van der Waals surface area contributed by atoms with Gasteiger partial charge in [0.05, 0.1) is 17.1 Å². The zero-order valence-electron chi connectivity index (χ0n) is 17.5. The van der Waals surface area contributed by atoms with Crippen molar-refractivity contribution in [3.8, 4) is 0 Å². The summed E-state index contributed by atoms with van der Waals surface area (Å²) in [7, 11) is 0. The van der Waals surface area contributed by atoms with Crippen molar-refractivity contribution in [1.82, 2.24) is 25.9 Å². The molecule has 1 atom stereocenters. The number of H-pyrrole nitrogens is 1. The van der Waals surface area contributed by atoms with Gasteiger partial charge in [0.2, 0.25) is 5.91 Å². The molecule has 1 heterocycles. The molecule has 7 nitrogen and oxygen atoms in total. The number of aromatic amines is 1. The molecule has 3 amide bonds. The van der Waals surface area contributed by atoms with Gasteiger partial charge in [-0.05, 0) is 37.3 Å². The molecule has 1 aliphatic carbocycles. The minimum absolute atomic E-state index is 0.0290. The predicted octanol–water partition coefficient (Wildman–Crippen LogP) is 3.79. The van der Waals surface area contributed by atoms with Crippen molar-refractivity contribution >= 4 is 23.0 Å². The van der Waals surface area contributed by atoms with Crippen LogP contribution in [0.5, 0.6) is 0 Å². The van der Waals surface area contributed by atoms with E-state index in [1.54, 1.807) is 0 Å². The summed E-state index contributed by atoms with van der Waals surface area (Å²) < 4.78 is 0. The highest BCUT2D eigenvalue weighted by atomic mass is 16.2. The standard InChI is InChI=1S/C22H33N5O2/c1-15(2)20(21-25-17-11-6-7-12-18(17)26-21)27-19(28)13-8-14-23-22(29)24-16-9-4-3-5-10-16/h6-7,11-12,15-16,20H,3-5,8-10,13-14H2,1-2H3,(H,25,26)(H,27,28)(H2,23,24,29). The van der Waals surface area contributed by atoms with Crippen molar-refractivity contribution in [2.45, 2.75) is 70.9 Å². The highest BCUT2D eigenvalue weighted by Crippen LogP contribution is 2.22. The molecular formula is C22H33N5O2. The lowest BCUT2D eigenvalue weighted by Crippen LogP contribution is -2.43. The summed E-state index contributed by atoms with van der Waals surface area (Å²) >= 11 is 0. The highest BCUT2D eigenvalue weighted by Gasteiger charge is 2.21. The number of imidazole rings is 1. The number of urea groups is 1. The van der Waals surface area contributed by atoms with Gasteiger partial charge in [0.1, 0.15) is 5.82 Å². The highest BCUT2D eigenvalue weighted by molar-refractivity contribution is 5.78. The molecule has 158 valence electrons. The third-order valence-corrected chi connectivity index (χ3v) is 5.49. The molecule has 1 aromatic heterocycles. The van der Waals surface area contributed by atoms with E-state index in [-0.39, 0.29) is 23.9 Å². The second kappa shape index (κ2) is 10.3. The Bertz CT molecular complexity index is 777. The summed E-state index contributed by atoms with van der Waals surface area (Å²) in [5, 5.41) is 8.97. The van der Waals surface area contributed by atoms with Gasteiger partial charge in [0.25, 0.3) is 0 Å². The van der Waals surface area contributed by atoms with Gasteiger partial charge < -0.3 is 20.9 Å². The van der Waals surface area contributed by atoms with Gasteiger partial charge in [-0.15, -0.1) is 0 Å². The summed E-state index contributed by atoms with van der Waals surface area (Å²) in [5.74, 6) is 0.956. The van der Waals surface area contributed by atoms with Crippen molar-refractivity contribution in [1.29, 1.82) is 0 Å². The fourth-order valence-electron chi connectivity index (χ4n) is 3.85. The van der Waals surface area contributed by atoms with Crippen LogP contribution >= 0.6 is 0 Å². The van der Waals surface area contributed by atoms with E-state index in [0.717, 1.165) is 29.7 Å². The van der Waals surface area contributed by atoms with Crippen LogP contribution in [0.25, 0.3) is 11.0 Å². The Hall–Kier alpha value is -2.57. The molecule has 0 aliphatic heterocycles. The number of nitrogens with zero attached hydrogens (tertiary/aromatic N) is 1. The van der Waals surface area contributed by atoms with Crippen LogP contribution in [0, 0.1) is 5.92 Å². The Kier molecular flexibility index (Phi) is 7.49. The zero-order chi connectivity index (χ0) is 20.6. The van der Waals surface area contributed by atoms with Gasteiger partial charge in [0.15, 0.2) is 0 Å². The number of aromatic nitrogens is 2. The van der Waals surface area contributed by atoms with Crippen molar-refractivity contribution in [3.63, 3.8) is 0 Å². The molecule has 0 spiro atoms. The first-order valence-corrected chi connectivity index (χ1v) is 10.8. The number of fused-ring (bicyclic) bond motifs is 1. The minimum atomic E-state index is -0.169. The van der Waals surface area contributed by atoms with E-state index in [0.29, 0.717) is 25.4 Å². The van der Waals surface area contributed by atoms with Crippen molar-refractivity contribution in [2.75, 3.05) is 6.54 Å². The Morgan fingerprint density at radius 2 is 1.93 bits per heavy atom. The minimum Gasteiger partial charge on any atom is -0.346 e. The summed E-state index contributed by atoms with van der Waals surface area (Å²) in [6, 6.07) is 7.85. The van der Waals surface area contributed by atoms with E-state index in [1.165, 1.54) is 19.3 Å². The summed E-state index contributed by atoms with van der Waals surface area (Å²) in [4.78, 5) is 32.3. The molecule has 3 rings (SSSR count). The first kappa shape index (κ1) is 21.1. The smallest absolute Gasteiger partial charge is 0.315 e. The van der Waals surface area contributed by atoms with E-state index in [9.17, 15) is 9.59 Å². The SMILES string of the molecule is CC(C)C(NC(=O)CCCNC(=O)NC1CCCCC1)c1nc2ccccc2[nH]1. The van der Waals surface area contributed by atoms with E-state index < -0.39 is 0 Å². The van der Waals surface area contributed by atoms with Crippen molar-refractivity contribution in [3.05, 3.63) is 30.1 Å². The number of carbonyl (C=O) groups is 2. The number of nitrogens with one attached hydrogen (secondary N) is 4. The molecule has 0 saturated heterocycles. The molecule has 1 unspecified atom stereocenters. The third kappa shape index (κ3) is 6.21. The first-order valence-electron chi connectivity index (χ1n) is 10.8. The van der Waals surface area contributed by atoms with E-state index >= 15 is 0 Å². The third-order valence-electron chi connectivity index (χ3n) is 5.49. The van der Waals surface area contributed by atoms with Crippen LogP contribution in [0.2, 0.25) is 0 Å². The lowest BCUT2D eigenvalue weighted by Gasteiger charge is -2.23. The fraction of sp³-hybridized carbons (Fsp3) is 0.591. The largest absolute Gasteiger partial charge is 0.346 e. The predicted molar refractivity (Wildman–Crippen MR) is 114 cm³/mol. The molecule has 4 N–H and O–H groups in total. The van der Waals surface area contributed by atoms with Gasteiger partial charge in [-0.3, -0.25) is 4.79 Å². The van der Waals surface area contributed by atoms with Gasteiger partial charge in [0, 0.05) is 19.0 Å². The second-order valence-electron chi connectivity index (χ2n) is 8.27. The van der Waals surface area contributed by atoms with E-state index in [4.69, 9.17) is 0 Å². The number of hydrogen-bond donors (Lipinski definition) is 4. The van der Waals surface area contributed by atoms with Crippen LogP contribution in [0.15, 0.2) is 24.3 Å². The van der Waals surface area contributed by atoms with Crippen LogP contribution in [0.4, 0.5) is 4.79 Å². The molecule has 1 aliphatic rings. The number of amides is 3. The maximum atomic E-state index is 12.4. The molecule has 0 radical (unpaired) electrons. The van der Waals surface area contributed by atoms with E-state index in [2.05, 4.69) is 39.8 Å². The van der Waals surface area contributed by atoms with Gasteiger partial charge in [-0.2, -0.15) is 0 Å². The molecule has 1 saturated carbocycles. The van der Waals surface area contributed by atoms with Crippen LogP contribution in [0.1, 0.15) is 70.7 Å². The Morgan fingerprint density at radius 3 is 2.66 bits per heavy atom. The molecule has 29 heavy (non-hydrogen) atoms. The first-order chi connectivity index (χ1) is 14.0. The number of carbonyl (C=O) groups excluding carboxylic acids is 2. The lowest BCUT2D eigenvalue weighted by atomic mass is 9.96. The van der Waals surface area contributed by atoms with Crippen molar-refractivity contribution < 1.29 is 9.59 Å². The maximum Gasteiger partial charge on any atom is 0.315 e. The molecule has 0 bridgehead atoms. The van der Waals surface area contributed by atoms with Crippen LogP contribution in [-0.4, -0.2) is 34.5 Å². The summed E-state index contributed by atoms with van der Waals surface area (Å²) in [5.41, 5.74) is 1.87. The molecule has 7 heteroatoms. The van der Waals surface area contributed by atoms with Gasteiger partial charge in [-0.25, -0.2) is 9.78 Å². The zero-order valence-corrected chi connectivity index (χ0v) is 17.5. The summed E-state index contributed by atoms with van der Waals surface area (Å²) in [6.45, 7) is 4.62. The Balaban J connectivity index is 1.41. The molecule has 1 fully saturated rings. The lowest BCUT2D eigenvalue weighted by molar-refractivity contribution is -0.122. The second-order valence-corrected chi connectivity index (χ2v) is 8.27. The Labute approximate surface area is 172 Å². The number of hydrogen-bond acceptors (Lipinski definition) is 3. The molecule has 2 aromatic rings. The topological polar surface area (TPSA) is 98.9 Å².